The van der Waals surface area contributed by atoms with E-state index >= 15 is 0 Å². The van der Waals surface area contributed by atoms with E-state index in [1.54, 1.807) is 6.08 Å². The Bertz CT molecular complexity index is 2580. The summed E-state index contributed by atoms with van der Waals surface area (Å²) < 4.78 is 44.3. The topological polar surface area (TPSA) is 41.7 Å². The van der Waals surface area contributed by atoms with Crippen LogP contribution in [0.1, 0.15) is 43.9 Å². The van der Waals surface area contributed by atoms with Gasteiger partial charge in [0, 0.05) is 32.8 Å². The molecule has 51 heavy (non-hydrogen) atoms. The van der Waals surface area contributed by atoms with Gasteiger partial charge in [0.05, 0.1) is 16.6 Å². The lowest BCUT2D eigenvalue weighted by Gasteiger charge is -2.20. The van der Waals surface area contributed by atoms with Crippen molar-refractivity contribution < 1.29 is 13.2 Å². The van der Waals surface area contributed by atoms with Gasteiger partial charge in [-0.3, -0.25) is 0 Å². The summed E-state index contributed by atoms with van der Waals surface area (Å²) in [5.41, 5.74) is 5.64. The fourth-order valence-corrected chi connectivity index (χ4v) is 6.82. The van der Waals surface area contributed by atoms with Crippen LogP contribution in [0.2, 0.25) is 0 Å². The summed E-state index contributed by atoms with van der Waals surface area (Å²) in [4.78, 5) is 9.99. The lowest BCUT2D eigenvalue weighted by atomic mass is 9.86. The number of fused-ring (bicyclic) bond motifs is 3. The summed E-state index contributed by atoms with van der Waals surface area (Å²) in [6.07, 6.45) is -0.145. The predicted molar refractivity (Wildman–Crippen MR) is 203 cm³/mol. The molecule has 6 aromatic rings. The Morgan fingerprint density at radius 1 is 0.667 bits per heavy atom. The van der Waals surface area contributed by atoms with Crippen molar-refractivity contribution in [3.63, 3.8) is 0 Å². The second-order valence-corrected chi connectivity index (χ2v) is 13.9. The molecule has 5 aromatic carbocycles. The molecule has 2 heterocycles. The molecule has 0 unspecified atom stereocenters. The van der Waals surface area contributed by atoms with Gasteiger partial charge in [0.2, 0.25) is 0 Å². The predicted octanol–water partition coefficient (Wildman–Crippen LogP) is 9.24. The minimum absolute atomic E-state index is 0.0737. The Hall–Kier alpha value is -5.95. The zero-order chi connectivity index (χ0) is 35.3. The molecule has 252 valence electrons. The van der Waals surface area contributed by atoms with Crippen LogP contribution >= 0.6 is 0 Å². The van der Waals surface area contributed by atoms with Crippen molar-refractivity contribution >= 4 is 44.9 Å². The fraction of sp³-hybridized carbons (Fsp3) is 0.136. The molecule has 2 aliphatic rings. The van der Waals surface area contributed by atoms with Crippen LogP contribution in [0.25, 0.3) is 38.9 Å². The maximum atomic E-state index is 14.0. The third kappa shape index (κ3) is 6.09. The van der Waals surface area contributed by atoms with E-state index in [-0.39, 0.29) is 5.41 Å². The standard InChI is InChI=1S/C44H35F3N4/c1-43(2,3)31-21-23-36-35-19-10-11-20-38(35)51(39(36)26-31)33-22-24-34(30-17-12-18-32(25-30)44(45,46)47)37(27-33)42-49-40(28-13-6-4-7-14-28)48-41(50-42)29-15-8-5-9-16-29/h4-16,18-27H,17H2,1-3H3,(H,48,49,50). The lowest BCUT2D eigenvalue weighted by molar-refractivity contribution is -0.0882. The summed E-state index contributed by atoms with van der Waals surface area (Å²) in [6, 6.07) is 40.4. The minimum atomic E-state index is -4.47. The largest absolute Gasteiger partial charge is 0.416 e. The average molecular weight is 677 g/mol. The van der Waals surface area contributed by atoms with Crippen molar-refractivity contribution in [3.05, 3.63) is 172 Å². The van der Waals surface area contributed by atoms with E-state index in [0.717, 1.165) is 44.7 Å². The summed E-state index contributed by atoms with van der Waals surface area (Å²) in [7, 11) is 0. The van der Waals surface area contributed by atoms with Crippen molar-refractivity contribution in [1.29, 1.82) is 0 Å². The second-order valence-electron chi connectivity index (χ2n) is 13.9. The van der Waals surface area contributed by atoms with Crippen LogP contribution in [0.15, 0.2) is 155 Å². The summed E-state index contributed by atoms with van der Waals surface area (Å²) in [6.45, 7) is 6.60. The van der Waals surface area contributed by atoms with E-state index in [1.807, 2.05) is 91.0 Å². The maximum Gasteiger partial charge on any atom is 0.416 e. The van der Waals surface area contributed by atoms with Gasteiger partial charge in [0.1, 0.15) is 11.7 Å². The van der Waals surface area contributed by atoms with Gasteiger partial charge < -0.3 is 9.88 Å². The molecule has 0 radical (unpaired) electrons. The van der Waals surface area contributed by atoms with E-state index in [1.165, 1.54) is 11.6 Å². The Morgan fingerprint density at radius 2 is 1.35 bits per heavy atom. The van der Waals surface area contributed by atoms with Crippen LogP contribution in [0, 0.1) is 0 Å². The van der Waals surface area contributed by atoms with Crippen molar-refractivity contribution in [3.8, 4) is 5.69 Å². The number of benzene rings is 5. The molecule has 4 nitrogen and oxygen atoms in total. The molecule has 0 fully saturated rings. The molecule has 0 atom stereocenters. The molecule has 0 saturated heterocycles. The fourth-order valence-electron chi connectivity index (χ4n) is 6.82. The molecular weight excluding hydrogens is 642 g/mol. The number of nitrogens with one attached hydrogen (secondary N) is 1. The zero-order valence-corrected chi connectivity index (χ0v) is 28.5. The molecule has 1 N–H and O–H groups in total. The number of alkyl halides is 3. The molecule has 0 amide bonds. The van der Waals surface area contributed by atoms with E-state index in [9.17, 15) is 13.2 Å². The number of allylic oxidation sites excluding steroid dienone is 4. The highest BCUT2D eigenvalue weighted by molar-refractivity contribution is 6.16. The number of aliphatic imine (C=N–C) groups is 2. The second kappa shape index (κ2) is 12.4. The number of amidine groups is 2. The molecule has 1 aliphatic heterocycles. The number of hydrogen-bond acceptors (Lipinski definition) is 3. The Balaban J connectivity index is 1.47. The zero-order valence-electron chi connectivity index (χ0n) is 28.5. The molecule has 7 heteroatoms. The highest BCUT2D eigenvalue weighted by Gasteiger charge is 2.33. The first kappa shape index (κ1) is 32.3. The molecule has 0 spiro atoms. The van der Waals surface area contributed by atoms with Gasteiger partial charge in [-0.2, -0.15) is 13.2 Å². The van der Waals surface area contributed by atoms with Gasteiger partial charge in [-0.25, -0.2) is 9.98 Å². The van der Waals surface area contributed by atoms with Crippen LogP contribution in [0.3, 0.4) is 0 Å². The third-order valence-corrected chi connectivity index (χ3v) is 9.45. The Morgan fingerprint density at radius 3 is 2.08 bits per heavy atom. The number of para-hydroxylation sites is 1. The highest BCUT2D eigenvalue weighted by Crippen LogP contribution is 2.35. The third-order valence-electron chi connectivity index (χ3n) is 9.45. The number of aromatic nitrogens is 1. The van der Waals surface area contributed by atoms with Crippen molar-refractivity contribution in [1.82, 2.24) is 9.88 Å². The quantitative estimate of drug-likeness (QED) is 0.200. The van der Waals surface area contributed by atoms with Crippen molar-refractivity contribution in [2.45, 2.75) is 38.8 Å². The van der Waals surface area contributed by atoms with Gasteiger partial charge in [-0.1, -0.05) is 130 Å². The molecule has 0 saturated carbocycles. The molecule has 8 rings (SSSR count). The Kier molecular flexibility index (Phi) is 7.86. The lowest BCUT2D eigenvalue weighted by Crippen LogP contribution is -2.38. The van der Waals surface area contributed by atoms with Gasteiger partial charge in [0.25, 0.3) is 0 Å². The number of hydrogen-bond donors (Lipinski definition) is 1. The van der Waals surface area contributed by atoms with Crippen LogP contribution in [0.4, 0.5) is 13.2 Å². The first-order valence-corrected chi connectivity index (χ1v) is 17.0. The summed E-state index contributed by atoms with van der Waals surface area (Å²) in [5.74, 6) is 1.61. The number of halogens is 3. The Labute approximate surface area is 294 Å². The number of nitrogens with zero attached hydrogens (tertiary/aromatic N) is 3. The van der Waals surface area contributed by atoms with E-state index in [4.69, 9.17) is 9.98 Å². The SMILES string of the molecule is CC(C)(C)c1ccc2c3ccccc3n(-c3ccc(=C4C=C(C(F)(F)F)C=CC4)c(=C4N=C(c5ccccc5)N=C(c5ccccc5)N4)c3)c2c1. The normalized spacial score (nSPS) is 17.3. The smallest absolute Gasteiger partial charge is 0.324 e. The summed E-state index contributed by atoms with van der Waals surface area (Å²) >= 11 is 0. The van der Waals surface area contributed by atoms with Crippen LogP contribution in [-0.2, 0) is 5.41 Å². The average Bonchev–Trinajstić information content (AvgIpc) is 3.48. The molecule has 0 bridgehead atoms. The van der Waals surface area contributed by atoms with Crippen LogP contribution in [0.5, 0.6) is 0 Å². The number of rotatable bonds is 3. The monoisotopic (exact) mass is 676 g/mol. The van der Waals surface area contributed by atoms with Crippen molar-refractivity contribution in [2.24, 2.45) is 9.98 Å². The maximum absolute atomic E-state index is 14.0. The summed E-state index contributed by atoms with van der Waals surface area (Å²) in [5, 5.41) is 7.06. The van der Waals surface area contributed by atoms with Gasteiger partial charge in [-0.05, 0) is 58.5 Å². The van der Waals surface area contributed by atoms with Crippen LogP contribution in [-0.4, -0.2) is 22.4 Å². The van der Waals surface area contributed by atoms with Gasteiger partial charge in [-0.15, -0.1) is 0 Å². The van der Waals surface area contributed by atoms with E-state index < -0.39 is 11.7 Å². The van der Waals surface area contributed by atoms with Gasteiger partial charge >= 0.3 is 6.18 Å². The first-order valence-electron chi connectivity index (χ1n) is 17.0. The highest BCUT2D eigenvalue weighted by atomic mass is 19.4. The van der Waals surface area contributed by atoms with Crippen LogP contribution < -0.4 is 15.8 Å². The van der Waals surface area contributed by atoms with E-state index in [0.29, 0.717) is 39.9 Å². The minimum Gasteiger partial charge on any atom is -0.324 e. The van der Waals surface area contributed by atoms with Gasteiger partial charge in [0.15, 0.2) is 5.84 Å². The van der Waals surface area contributed by atoms with E-state index in [2.05, 4.69) is 61.0 Å². The molecule has 1 aliphatic carbocycles. The molecular formula is C44H35F3N4. The first-order chi connectivity index (χ1) is 24.5. The molecule has 1 aromatic heterocycles. The van der Waals surface area contributed by atoms with Crippen molar-refractivity contribution in [2.75, 3.05) is 0 Å².